The van der Waals surface area contributed by atoms with Gasteiger partial charge in [-0.15, -0.1) is 0 Å². The van der Waals surface area contributed by atoms with Crippen LogP contribution in [0.15, 0.2) is 35.0 Å². The number of rotatable bonds is 5. The molecule has 120 valence electrons. The van der Waals surface area contributed by atoms with Crippen LogP contribution in [0.4, 0.5) is 5.82 Å². The number of aliphatic hydroxyl groups is 1. The van der Waals surface area contributed by atoms with E-state index in [4.69, 9.17) is 4.42 Å². The standard InChI is InChI=1S/C17H19N3O2S/c1-2-23-13-7-8-17(13,21)9-18-16-15-14(19-10-20-16)11-5-3-4-6-12(11)22-15/h3-6,10,13,21H,2,7-9H2,1H3,(H,18,19,20). The summed E-state index contributed by atoms with van der Waals surface area (Å²) in [5.74, 6) is 1.67. The normalized spacial score (nSPS) is 24.0. The number of nitrogens with zero attached hydrogens (tertiary/aromatic N) is 2. The first-order valence-electron chi connectivity index (χ1n) is 7.91. The Hall–Kier alpha value is -1.79. The summed E-state index contributed by atoms with van der Waals surface area (Å²) in [6.07, 6.45) is 3.43. The fraction of sp³-hybridized carbons (Fsp3) is 0.412. The number of fused-ring (bicyclic) bond motifs is 3. The van der Waals surface area contributed by atoms with Crippen molar-refractivity contribution in [2.45, 2.75) is 30.6 Å². The second kappa shape index (κ2) is 5.69. The molecule has 1 saturated carbocycles. The zero-order valence-corrected chi connectivity index (χ0v) is 13.8. The van der Waals surface area contributed by atoms with Crippen LogP contribution in [0.25, 0.3) is 22.1 Å². The highest BCUT2D eigenvalue weighted by atomic mass is 32.2. The highest BCUT2D eigenvalue weighted by molar-refractivity contribution is 8.00. The molecule has 0 spiro atoms. The van der Waals surface area contributed by atoms with Gasteiger partial charge in [0.2, 0.25) is 0 Å². The smallest absolute Gasteiger partial charge is 0.196 e. The van der Waals surface area contributed by atoms with Crippen LogP contribution >= 0.6 is 11.8 Å². The molecule has 1 aromatic carbocycles. The molecule has 1 aliphatic carbocycles. The molecule has 4 rings (SSSR count). The topological polar surface area (TPSA) is 71.2 Å². The van der Waals surface area contributed by atoms with E-state index in [1.165, 1.54) is 6.33 Å². The van der Waals surface area contributed by atoms with Crippen molar-refractivity contribution in [1.29, 1.82) is 0 Å². The molecule has 3 aromatic rings. The number of hydrogen-bond acceptors (Lipinski definition) is 6. The Labute approximate surface area is 138 Å². The van der Waals surface area contributed by atoms with Crippen LogP contribution < -0.4 is 5.32 Å². The summed E-state index contributed by atoms with van der Waals surface area (Å²) in [5, 5.41) is 15.3. The lowest BCUT2D eigenvalue weighted by atomic mass is 9.79. The van der Waals surface area contributed by atoms with Crippen LogP contribution in [0.2, 0.25) is 0 Å². The van der Waals surface area contributed by atoms with Crippen LogP contribution in [0, 0.1) is 0 Å². The second-order valence-electron chi connectivity index (χ2n) is 5.94. The summed E-state index contributed by atoms with van der Waals surface area (Å²) in [6.45, 7) is 2.60. The van der Waals surface area contributed by atoms with Crippen molar-refractivity contribution in [3.63, 3.8) is 0 Å². The quantitative estimate of drug-likeness (QED) is 0.747. The molecular weight excluding hydrogens is 310 g/mol. The molecule has 0 amide bonds. The van der Waals surface area contributed by atoms with Gasteiger partial charge in [-0.2, -0.15) is 11.8 Å². The molecule has 1 aliphatic rings. The molecule has 2 aromatic heterocycles. The summed E-state index contributed by atoms with van der Waals surface area (Å²) >= 11 is 1.82. The number of hydrogen-bond donors (Lipinski definition) is 2. The summed E-state index contributed by atoms with van der Waals surface area (Å²) in [7, 11) is 0. The Morgan fingerprint density at radius 1 is 1.39 bits per heavy atom. The average Bonchev–Trinajstić information content (AvgIpc) is 2.96. The highest BCUT2D eigenvalue weighted by Gasteiger charge is 2.45. The number of benzene rings is 1. The zero-order valence-electron chi connectivity index (χ0n) is 13.0. The zero-order chi connectivity index (χ0) is 15.9. The fourth-order valence-electron chi connectivity index (χ4n) is 3.12. The van der Waals surface area contributed by atoms with Crippen LogP contribution in [0.3, 0.4) is 0 Å². The highest BCUT2D eigenvalue weighted by Crippen LogP contribution is 2.41. The minimum Gasteiger partial charge on any atom is -0.450 e. The van der Waals surface area contributed by atoms with E-state index >= 15 is 0 Å². The van der Waals surface area contributed by atoms with E-state index in [0.29, 0.717) is 23.2 Å². The van der Waals surface area contributed by atoms with Crippen molar-refractivity contribution in [3.05, 3.63) is 30.6 Å². The molecule has 23 heavy (non-hydrogen) atoms. The van der Waals surface area contributed by atoms with Crippen molar-refractivity contribution in [2.24, 2.45) is 0 Å². The van der Waals surface area contributed by atoms with Crippen molar-refractivity contribution < 1.29 is 9.52 Å². The summed E-state index contributed by atoms with van der Waals surface area (Å²) < 4.78 is 5.90. The first-order valence-corrected chi connectivity index (χ1v) is 8.96. The van der Waals surface area contributed by atoms with Crippen LogP contribution in [0.5, 0.6) is 0 Å². The Morgan fingerprint density at radius 2 is 2.26 bits per heavy atom. The van der Waals surface area contributed by atoms with E-state index < -0.39 is 5.60 Å². The van der Waals surface area contributed by atoms with Crippen LogP contribution in [-0.2, 0) is 0 Å². The lowest BCUT2D eigenvalue weighted by Gasteiger charge is -2.45. The summed E-state index contributed by atoms with van der Waals surface area (Å²) in [5.41, 5.74) is 1.59. The molecule has 2 atom stereocenters. The van der Waals surface area contributed by atoms with Crippen molar-refractivity contribution in [1.82, 2.24) is 9.97 Å². The number of nitrogens with one attached hydrogen (secondary N) is 1. The molecule has 2 N–H and O–H groups in total. The number of furan rings is 1. The van der Waals surface area contributed by atoms with Crippen molar-refractivity contribution in [3.8, 4) is 0 Å². The molecule has 0 saturated heterocycles. The number of anilines is 1. The SMILES string of the molecule is CCSC1CCC1(O)CNc1ncnc2c1oc1ccccc12. The first kappa shape index (κ1) is 14.8. The average molecular weight is 329 g/mol. The van der Waals surface area contributed by atoms with E-state index in [2.05, 4.69) is 22.2 Å². The summed E-state index contributed by atoms with van der Waals surface area (Å²) in [4.78, 5) is 8.64. The van der Waals surface area contributed by atoms with Gasteiger partial charge in [-0.1, -0.05) is 19.1 Å². The first-order chi connectivity index (χ1) is 11.2. The summed E-state index contributed by atoms with van der Waals surface area (Å²) in [6, 6.07) is 7.82. The molecule has 2 unspecified atom stereocenters. The third-order valence-electron chi connectivity index (χ3n) is 4.53. The van der Waals surface area contributed by atoms with Gasteiger partial charge in [-0.25, -0.2) is 9.97 Å². The van der Waals surface area contributed by atoms with Gasteiger partial charge in [0.1, 0.15) is 17.4 Å². The maximum atomic E-state index is 10.7. The monoisotopic (exact) mass is 329 g/mol. The Balaban J connectivity index is 1.62. The molecule has 5 nitrogen and oxygen atoms in total. The van der Waals surface area contributed by atoms with Gasteiger partial charge in [0.05, 0.1) is 5.60 Å². The van der Waals surface area contributed by atoms with Gasteiger partial charge < -0.3 is 14.8 Å². The third-order valence-corrected chi connectivity index (χ3v) is 5.94. The van der Waals surface area contributed by atoms with Crippen molar-refractivity contribution >= 4 is 39.6 Å². The number of thioether (sulfide) groups is 1. The maximum absolute atomic E-state index is 10.7. The number of para-hydroxylation sites is 1. The van der Waals surface area contributed by atoms with E-state index in [1.807, 2.05) is 36.0 Å². The molecule has 0 radical (unpaired) electrons. The predicted molar refractivity (Wildman–Crippen MR) is 93.9 cm³/mol. The Kier molecular flexibility index (Phi) is 3.66. The number of aromatic nitrogens is 2. The fourth-order valence-corrected chi connectivity index (χ4v) is 4.32. The lowest BCUT2D eigenvalue weighted by Crippen LogP contribution is -2.54. The molecule has 0 aliphatic heterocycles. The van der Waals surface area contributed by atoms with E-state index in [0.717, 1.165) is 35.1 Å². The minimum atomic E-state index is -0.663. The van der Waals surface area contributed by atoms with Crippen LogP contribution in [0.1, 0.15) is 19.8 Å². The minimum absolute atomic E-state index is 0.299. The molecule has 6 heteroatoms. The molecular formula is C17H19N3O2S. The molecule has 2 heterocycles. The third kappa shape index (κ3) is 2.46. The Bertz CT molecular complexity index is 850. The van der Waals surface area contributed by atoms with Crippen molar-refractivity contribution in [2.75, 3.05) is 17.6 Å². The maximum Gasteiger partial charge on any atom is 0.196 e. The second-order valence-corrected chi connectivity index (χ2v) is 7.42. The van der Waals surface area contributed by atoms with Gasteiger partial charge >= 0.3 is 0 Å². The molecule has 0 bridgehead atoms. The van der Waals surface area contributed by atoms with Gasteiger partial charge in [0.15, 0.2) is 11.4 Å². The van der Waals surface area contributed by atoms with Crippen LogP contribution in [-0.4, -0.2) is 38.2 Å². The van der Waals surface area contributed by atoms with E-state index in [1.54, 1.807) is 0 Å². The lowest BCUT2D eigenvalue weighted by molar-refractivity contribution is -0.0120. The van der Waals surface area contributed by atoms with Gasteiger partial charge in [-0.05, 0) is 30.7 Å². The largest absolute Gasteiger partial charge is 0.450 e. The predicted octanol–water partition coefficient (Wildman–Crippen LogP) is 3.43. The van der Waals surface area contributed by atoms with Gasteiger partial charge in [0.25, 0.3) is 0 Å². The van der Waals surface area contributed by atoms with E-state index in [-0.39, 0.29) is 0 Å². The van der Waals surface area contributed by atoms with E-state index in [9.17, 15) is 5.11 Å². The Morgan fingerprint density at radius 3 is 3.04 bits per heavy atom. The van der Waals surface area contributed by atoms with Gasteiger partial charge in [-0.3, -0.25) is 0 Å². The van der Waals surface area contributed by atoms with Gasteiger partial charge in [0, 0.05) is 17.2 Å². The molecule has 1 fully saturated rings.